The van der Waals surface area contributed by atoms with Gasteiger partial charge in [0.05, 0.1) is 22.3 Å². The quantitative estimate of drug-likeness (QED) is 0.897. The van der Waals surface area contributed by atoms with Crippen molar-refractivity contribution in [1.82, 2.24) is 0 Å². The van der Waals surface area contributed by atoms with E-state index in [4.69, 9.17) is 32.8 Å². The maximum Gasteiger partial charge on any atom is 0.271 e. The van der Waals surface area contributed by atoms with E-state index in [0.29, 0.717) is 11.4 Å². The number of nitrogens with two attached hydrogens (primary N) is 1. The van der Waals surface area contributed by atoms with Crippen LogP contribution in [-0.2, 0) is 16.6 Å². The minimum atomic E-state index is -3.88. The summed E-state index contributed by atoms with van der Waals surface area (Å²) >= 11 is 11.7. The van der Waals surface area contributed by atoms with Crippen molar-refractivity contribution >= 4 is 38.9 Å². The molecule has 0 bridgehead atoms. The third-order valence-corrected chi connectivity index (χ3v) is 3.74. The Morgan fingerprint density at radius 2 is 1.85 bits per heavy atom. The summed E-state index contributed by atoms with van der Waals surface area (Å²) in [6.07, 6.45) is 0. The molecule has 1 heterocycles. The van der Waals surface area contributed by atoms with Gasteiger partial charge in [-0.05, 0) is 24.3 Å². The summed E-state index contributed by atoms with van der Waals surface area (Å²) in [6, 6.07) is 4.89. The molecule has 0 fully saturated rings. The Hall–Kier alpha value is -1.28. The Morgan fingerprint density at radius 3 is 2.35 bits per heavy atom. The number of primary sulfonamides is 1. The van der Waals surface area contributed by atoms with Crippen molar-refractivity contribution in [2.75, 3.05) is 5.32 Å². The minimum absolute atomic E-state index is 0.105. The van der Waals surface area contributed by atoms with E-state index in [1.165, 1.54) is 12.1 Å². The van der Waals surface area contributed by atoms with Gasteiger partial charge in [-0.3, -0.25) is 0 Å². The van der Waals surface area contributed by atoms with Crippen molar-refractivity contribution in [3.8, 4) is 0 Å². The fourth-order valence-electron chi connectivity index (χ4n) is 1.49. The van der Waals surface area contributed by atoms with E-state index >= 15 is 0 Å². The molecule has 108 valence electrons. The van der Waals surface area contributed by atoms with Crippen molar-refractivity contribution < 1.29 is 17.2 Å². The molecule has 0 amide bonds. The number of nitrogens with one attached hydrogen (secondary N) is 1. The molecule has 0 atom stereocenters. The Morgan fingerprint density at radius 1 is 1.25 bits per heavy atom. The van der Waals surface area contributed by atoms with Gasteiger partial charge in [0.25, 0.3) is 10.0 Å². The van der Waals surface area contributed by atoms with Gasteiger partial charge in [-0.15, -0.1) is 0 Å². The van der Waals surface area contributed by atoms with E-state index in [0.717, 1.165) is 12.1 Å². The standard InChI is InChI=1S/C11H9Cl2FN2O3S/c12-8-3-6(14)4-9(13)11(8)16-5-7-1-2-10(19-7)20(15,17)18/h1-4,16H,5H2,(H2,15,17,18). The first kappa shape index (κ1) is 15.1. The zero-order chi connectivity index (χ0) is 14.9. The monoisotopic (exact) mass is 338 g/mol. The van der Waals surface area contributed by atoms with Crippen molar-refractivity contribution in [2.45, 2.75) is 11.6 Å². The van der Waals surface area contributed by atoms with Gasteiger partial charge in [-0.2, -0.15) is 0 Å². The van der Waals surface area contributed by atoms with Crippen molar-refractivity contribution in [1.29, 1.82) is 0 Å². The number of halogens is 3. The normalized spacial score (nSPS) is 11.6. The first-order valence-electron chi connectivity index (χ1n) is 5.27. The van der Waals surface area contributed by atoms with Crippen LogP contribution in [0.2, 0.25) is 10.0 Å². The lowest BCUT2D eigenvalue weighted by molar-refractivity contribution is 0.419. The highest BCUT2D eigenvalue weighted by Gasteiger charge is 2.14. The first-order chi connectivity index (χ1) is 9.27. The Balaban J connectivity index is 2.16. The number of hydrogen-bond donors (Lipinski definition) is 2. The fourth-order valence-corrected chi connectivity index (χ4v) is 2.57. The van der Waals surface area contributed by atoms with Gasteiger partial charge in [-0.25, -0.2) is 17.9 Å². The van der Waals surface area contributed by atoms with Crippen LogP contribution >= 0.6 is 23.2 Å². The highest BCUT2D eigenvalue weighted by atomic mass is 35.5. The van der Waals surface area contributed by atoms with E-state index in [1.807, 2.05) is 0 Å². The molecule has 0 unspecified atom stereocenters. The van der Waals surface area contributed by atoms with E-state index in [1.54, 1.807) is 0 Å². The summed E-state index contributed by atoms with van der Waals surface area (Å²) in [5.41, 5.74) is 0.322. The Kier molecular flexibility index (Phi) is 4.24. The summed E-state index contributed by atoms with van der Waals surface area (Å²) < 4.78 is 40.1. The zero-order valence-electron chi connectivity index (χ0n) is 9.86. The maximum atomic E-state index is 13.0. The third-order valence-electron chi connectivity index (χ3n) is 2.36. The van der Waals surface area contributed by atoms with E-state index in [2.05, 4.69) is 5.32 Å². The number of anilines is 1. The van der Waals surface area contributed by atoms with Crippen LogP contribution in [0.3, 0.4) is 0 Å². The van der Waals surface area contributed by atoms with Crippen LogP contribution < -0.4 is 10.5 Å². The summed E-state index contributed by atoms with van der Waals surface area (Å²) in [4.78, 5) is 0. The summed E-state index contributed by atoms with van der Waals surface area (Å²) in [6.45, 7) is 0.112. The van der Waals surface area contributed by atoms with Gasteiger partial charge in [0.2, 0.25) is 5.09 Å². The van der Waals surface area contributed by atoms with E-state index in [9.17, 15) is 12.8 Å². The predicted molar refractivity (Wildman–Crippen MR) is 73.8 cm³/mol. The lowest BCUT2D eigenvalue weighted by Crippen LogP contribution is -2.10. The van der Waals surface area contributed by atoms with E-state index in [-0.39, 0.29) is 21.7 Å². The second-order valence-corrected chi connectivity index (χ2v) is 6.17. The van der Waals surface area contributed by atoms with Gasteiger partial charge in [0.15, 0.2) is 0 Å². The molecule has 0 spiro atoms. The molecule has 0 saturated heterocycles. The number of sulfonamides is 1. The van der Waals surface area contributed by atoms with Crippen LogP contribution in [0.5, 0.6) is 0 Å². The zero-order valence-corrected chi connectivity index (χ0v) is 12.2. The molecule has 5 nitrogen and oxygen atoms in total. The Bertz CT molecular complexity index is 723. The lowest BCUT2D eigenvalue weighted by Gasteiger charge is -2.09. The molecule has 9 heteroatoms. The number of rotatable bonds is 4. The molecule has 0 saturated carbocycles. The van der Waals surface area contributed by atoms with Gasteiger partial charge >= 0.3 is 0 Å². The molecule has 1 aromatic heterocycles. The fraction of sp³-hybridized carbons (Fsp3) is 0.0909. The van der Waals surface area contributed by atoms with E-state index < -0.39 is 15.8 Å². The second kappa shape index (κ2) is 5.61. The summed E-state index contributed by atoms with van der Waals surface area (Å²) in [5, 5.41) is 7.61. The summed E-state index contributed by atoms with van der Waals surface area (Å²) in [7, 11) is -3.88. The van der Waals surface area contributed by atoms with Gasteiger partial charge in [-0.1, -0.05) is 23.2 Å². The van der Waals surface area contributed by atoms with Crippen LogP contribution in [0.1, 0.15) is 5.76 Å². The molecule has 20 heavy (non-hydrogen) atoms. The predicted octanol–water partition coefficient (Wildman–Crippen LogP) is 2.99. The smallest absolute Gasteiger partial charge is 0.271 e. The van der Waals surface area contributed by atoms with Crippen molar-refractivity contribution in [3.05, 3.63) is 45.9 Å². The van der Waals surface area contributed by atoms with Crippen LogP contribution in [-0.4, -0.2) is 8.42 Å². The number of hydrogen-bond acceptors (Lipinski definition) is 4. The average molecular weight is 339 g/mol. The van der Waals surface area contributed by atoms with Crippen LogP contribution in [0.4, 0.5) is 10.1 Å². The molecule has 1 aromatic carbocycles. The Labute approximate surface area is 124 Å². The average Bonchev–Trinajstić information content (AvgIpc) is 2.75. The second-order valence-electron chi connectivity index (χ2n) is 3.86. The molecule has 2 rings (SSSR count). The molecule has 0 radical (unpaired) electrons. The van der Waals surface area contributed by atoms with Crippen LogP contribution in [0, 0.1) is 5.82 Å². The highest BCUT2D eigenvalue weighted by Crippen LogP contribution is 2.31. The lowest BCUT2D eigenvalue weighted by atomic mass is 10.3. The molecule has 0 aliphatic rings. The van der Waals surface area contributed by atoms with Crippen molar-refractivity contribution in [3.63, 3.8) is 0 Å². The molecule has 2 aromatic rings. The SMILES string of the molecule is NS(=O)(=O)c1ccc(CNc2c(Cl)cc(F)cc2Cl)o1. The van der Waals surface area contributed by atoms with Gasteiger partial charge < -0.3 is 9.73 Å². The van der Waals surface area contributed by atoms with Crippen LogP contribution in [0.15, 0.2) is 33.8 Å². The van der Waals surface area contributed by atoms with Crippen molar-refractivity contribution in [2.24, 2.45) is 5.14 Å². The molecule has 0 aliphatic carbocycles. The maximum absolute atomic E-state index is 13.0. The van der Waals surface area contributed by atoms with Gasteiger partial charge in [0.1, 0.15) is 11.6 Å². The summed E-state index contributed by atoms with van der Waals surface area (Å²) in [5.74, 6) is -0.245. The third kappa shape index (κ3) is 3.43. The highest BCUT2D eigenvalue weighted by molar-refractivity contribution is 7.89. The molecular weight excluding hydrogens is 330 g/mol. The minimum Gasteiger partial charge on any atom is -0.446 e. The topological polar surface area (TPSA) is 85.3 Å². The number of furan rings is 1. The first-order valence-corrected chi connectivity index (χ1v) is 7.57. The van der Waals surface area contributed by atoms with Crippen LogP contribution in [0.25, 0.3) is 0 Å². The molecular formula is C11H9Cl2FN2O3S. The molecule has 0 aliphatic heterocycles. The molecule has 3 N–H and O–H groups in total. The largest absolute Gasteiger partial charge is 0.446 e. The number of benzene rings is 1. The van der Waals surface area contributed by atoms with Gasteiger partial charge in [0, 0.05) is 0 Å².